The lowest BCUT2D eigenvalue weighted by atomic mass is 10.2. The topological polar surface area (TPSA) is 118 Å². The molecule has 0 radical (unpaired) electrons. The van der Waals surface area contributed by atoms with Gasteiger partial charge in [0.1, 0.15) is 17.2 Å². The number of nitrogens with zero attached hydrogens (tertiary/aromatic N) is 1. The van der Waals surface area contributed by atoms with Gasteiger partial charge in [0.05, 0.1) is 21.3 Å². The molecule has 10 heteroatoms. The summed E-state index contributed by atoms with van der Waals surface area (Å²) in [6.07, 6.45) is 0. The summed E-state index contributed by atoms with van der Waals surface area (Å²) in [6, 6.07) is 20.6. The van der Waals surface area contributed by atoms with Crippen LogP contribution in [0.25, 0.3) is 0 Å². The molecule has 3 aromatic rings. The van der Waals surface area contributed by atoms with E-state index in [0.717, 1.165) is 0 Å². The van der Waals surface area contributed by atoms with Crippen molar-refractivity contribution in [2.75, 3.05) is 60.6 Å². The van der Waals surface area contributed by atoms with Crippen LogP contribution >= 0.6 is 0 Å². The first-order valence-corrected chi connectivity index (χ1v) is 12.9. The molecule has 0 spiro atoms. The molecule has 0 aromatic heterocycles. The summed E-state index contributed by atoms with van der Waals surface area (Å²) in [5.41, 5.74) is 1.60. The fraction of sp³-hybridized carbons (Fsp3) is 0.300. The monoisotopic (exact) mass is 548 g/mol. The first kappa shape index (κ1) is 30.0. The van der Waals surface area contributed by atoms with Gasteiger partial charge in [-0.15, -0.1) is 0 Å². The Morgan fingerprint density at radius 3 is 0.975 bits per heavy atom. The second-order valence-electron chi connectivity index (χ2n) is 8.79. The van der Waals surface area contributed by atoms with E-state index in [9.17, 15) is 14.4 Å². The van der Waals surface area contributed by atoms with Crippen LogP contribution in [0, 0.1) is 0 Å². The van der Waals surface area contributed by atoms with E-state index < -0.39 is 0 Å². The predicted octanol–water partition coefficient (Wildman–Crippen LogP) is 2.60. The zero-order valence-corrected chi connectivity index (χ0v) is 23.1. The molecule has 0 aliphatic rings. The summed E-state index contributed by atoms with van der Waals surface area (Å²) in [7, 11) is 4.72. The number of amides is 3. The van der Waals surface area contributed by atoms with Gasteiger partial charge in [-0.2, -0.15) is 0 Å². The van der Waals surface area contributed by atoms with Gasteiger partial charge in [0.2, 0.25) is 0 Å². The van der Waals surface area contributed by atoms with Crippen LogP contribution in [0.3, 0.4) is 0 Å². The number of carbonyl (C=O) groups is 3. The summed E-state index contributed by atoms with van der Waals surface area (Å²) in [5.74, 6) is 1.46. The molecule has 3 rings (SSSR count). The minimum absolute atomic E-state index is 0.191. The molecular weight excluding hydrogens is 512 g/mol. The number of hydrogen-bond donors (Lipinski definition) is 3. The highest BCUT2D eigenvalue weighted by Crippen LogP contribution is 2.13. The molecule has 10 nitrogen and oxygen atoms in total. The zero-order valence-electron chi connectivity index (χ0n) is 23.1. The molecule has 0 aliphatic heterocycles. The molecule has 0 unspecified atom stereocenters. The quantitative estimate of drug-likeness (QED) is 0.267. The van der Waals surface area contributed by atoms with Gasteiger partial charge in [0.15, 0.2) is 0 Å². The van der Waals surface area contributed by atoms with Crippen molar-refractivity contribution in [3.8, 4) is 17.2 Å². The minimum Gasteiger partial charge on any atom is -0.497 e. The SMILES string of the molecule is COc1ccc(C(=O)NCCN(CCNC(=O)c2ccc(OC)cc2)CCNC(=O)c2ccc(OC)cc2)cc1. The maximum atomic E-state index is 12.5. The van der Waals surface area contributed by atoms with E-state index in [1.807, 2.05) is 0 Å². The van der Waals surface area contributed by atoms with Crippen molar-refractivity contribution in [2.24, 2.45) is 0 Å². The summed E-state index contributed by atoms with van der Waals surface area (Å²) < 4.78 is 15.4. The number of hydrogen-bond acceptors (Lipinski definition) is 7. The fourth-order valence-electron chi connectivity index (χ4n) is 3.85. The number of ether oxygens (including phenoxy) is 3. The van der Waals surface area contributed by atoms with Crippen LogP contribution in [0.15, 0.2) is 72.8 Å². The first-order valence-electron chi connectivity index (χ1n) is 12.9. The summed E-state index contributed by atoms with van der Waals surface area (Å²) >= 11 is 0. The zero-order chi connectivity index (χ0) is 28.7. The largest absolute Gasteiger partial charge is 0.497 e. The summed E-state index contributed by atoms with van der Waals surface area (Å²) in [6.45, 7) is 2.76. The van der Waals surface area contributed by atoms with E-state index >= 15 is 0 Å². The Balaban J connectivity index is 1.51. The molecule has 3 aromatic carbocycles. The van der Waals surface area contributed by atoms with E-state index in [1.54, 1.807) is 94.1 Å². The van der Waals surface area contributed by atoms with Crippen LogP contribution < -0.4 is 30.2 Å². The molecular formula is C30H36N4O6. The van der Waals surface area contributed by atoms with Gasteiger partial charge < -0.3 is 30.2 Å². The molecule has 40 heavy (non-hydrogen) atoms. The Morgan fingerprint density at radius 2 is 0.750 bits per heavy atom. The number of rotatable bonds is 15. The van der Waals surface area contributed by atoms with Crippen molar-refractivity contribution in [3.05, 3.63) is 89.5 Å². The smallest absolute Gasteiger partial charge is 0.251 e. The molecule has 0 saturated carbocycles. The number of nitrogens with one attached hydrogen (secondary N) is 3. The van der Waals surface area contributed by atoms with Crippen molar-refractivity contribution in [1.29, 1.82) is 0 Å². The maximum absolute atomic E-state index is 12.5. The molecule has 3 N–H and O–H groups in total. The molecule has 0 atom stereocenters. The molecule has 0 aliphatic carbocycles. The van der Waals surface area contributed by atoms with Crippen LogP contribution in [0.2, 0.25) is 0 Å². The highest BCUT2D eigenvalue weighted by Gasteiger charge is 2.12. The third-order valence-electron chi connectivity index (χ3n) is 6.20. The van der Waals surface area contributed by atoms with Gasteiger partial charge in [0, 0.05) is 56.0 Å². The Hall–Kier alpha value is -4.57. The Labute approximate surface area is 234 Å². The molecule has 3 amide bonds. The Morgan fingerprint density at radius 1 is 0.500 bits per heavy atom. The van der Waals surface area contributed by atoms with E-state index in [-0.39, 0.29) is 17.7 Å². The highest BCUT2D eigenvalue weighted by atomic mass is 16.5. The van der Waals surface area contributed by atoms with Crippen molar-refractivity contribution >= 4 is 17.7 Å². The Bertz CT molecular complexity index is 1070. The van der Waals surface area contributed by atoms with Crippen LogP contribution in [-0.2, 0) is 0 Å². The van der Waals surface area contributed by atoms with Crippen molar-refractivity contribution in [2.45, 2.75) is 0 Å². The Kier molecular flexibility index (Phi) is 11.8. The van der Waals surface area contributed by atoms with Gasteiger partial charge in [-0.05, 0) is 72.8 Å². The normalized spacial score (nSPS) is 10.5. The molecule has 212 valence electrons. The van der Waals surface area contributed by atoms with Gasteiger partial charge in [-0.1, -0.05) is 0 Å². The van der Waals surface area contributed by atoms with Crippen molar-refractivity contribution < 1.29 is 28.6 Å². The predicted molar refractivity (Wildman–Crippen MR) is 152 cm³/mol. The fourth-order valence-corrected chi connectivity index (χ4v) is 3.85. The number of methoxy groups -OCH3 is 3. The van der Waals surface area contributed by atoms with E-state index in [1.165, 1.54) is 0 Å². The van der Waals surface area contributed by atoms with Crippen LogP contribution in [0.1, 0.15) is 31.1 Å². The van der Waals surface area contributed by atoms with Crippen LogP contribution in [0.4, 0.5) is 0 Å². The van der Waals surface area contributed by atoms with Gasteiger partial charge >= 0.3 is 0 Å². The first-order chi connectivity index (χ1) is 19.4. The van der Waals surface area contributed by atoms with E-state index in [0.29, 0.717) is 73.2 Å². The minimum atomic E-state index is -0.191. The van der Waals surface area contributed by atoms with Gasteiger partial charge in [-0.3, -0.25) is 19.3 Å². The third-order valence-corrected chi connectivity index (χ3v) is 6.20. The molecule has 0 bridgehead atoms. The third kappa shape index (κ3) is 9.32. The second-order valence-corrected chi connectivity index (χ2v) is 8.79. The maximum Gasteiger partial charge on any atom is 0.251 e. The average molecular weight is 549 g/mol. The van der Waals surface area contributed by atoms with E-state index in [2.05, 4.69) is 20.9 Å². The van der Waals surface area contributed by atoms with Gasteiger partial charge in [0.25, 0.3) is 17.7 Å². The molecule has 0 saturated heterocycles. The van der Waals surface area contributed by atoms with Crippen molar-refractivity contribution in [3.63, 3.8) is 0 Å². The van der Waals surface area contributed by atoms with Crippen LogP contribution in [0.5, 0.6) is 17.2 Å². The lowest BCUT2D eigenvalue weighted by molar-refractivity contribution is 0.0948. The van der Waals surface area contributed by atoms with Crippen molar-refractivity contribution in [1.82, 2.24) is 20.9 Å². The lowest BCUT2D eigenvalue weighted by Gasteiger charge is -2.23. The molecule has 0 fully saturated rings. The number of benzene rings is 3. The number of carbonyl (C=O) groups excluding carboxylic acids is 3. The summed E-state index contributed by atoms with van der Waals surface area (Å²) in [5, 5.41) is 8.76. The van der Waals surface area contributed by atoms with Gasteiger partial charge in [-0.25, -0.2) is 0 Å². The lowest BCUT2D eigenvalue weighted by Crippen LogP contribution is -2.43. The standard InChI is InChI=1S/C30H36N4O6/c1-38-25-10-4-22(5-11-25)28(35)31-16-19-34(20-17-32-29(36)23-6-12-26(39-2)13-7-23)21-18-33-30(37)24-8-14-27(40-3)15-9-24/h4-15H,16-21H2,1-3H3,(H,31,35)(H,32,36)(H,33,37). The van der Waals surface area contributed by atoms with E-state index in [4.69, 9.17) is 14.2 Å². The summed E-state index contributed by atoms with van der Waals surface area (Å²) in [4.78, 5) is 39.7. The highest BCUT2D eigenvalue weighted by molar-refractivity contribution is 5.95. The average Bonchev–Trinajstić information content (AvgIpc) is 3.00. The second kappa shape index (κ2) is 15.7. The molecule has 0 heterocycles. The van der Waals surface area contributed by atoms with Crippen LogP contribution in [-0.4, -0.2) is 83.2 Å².